The van der Waals surface area contributed by atoms with Crippen molar-refractivity contribution >= 4 is 23.0 Å². The van der Waals surface area contributed by atoms with E-state index in [2.05, 4.69) is 0 Å². The summed E-state index contributed by atoms with van der Waals surface area (Å²) in [4.78, 5) is 0. The molecule has 33 heavy (non-hydrogen) atoms. The highest BCUT2D eigenvalue weighted by Crippen LogP contribution is 2.30. The van der Waals surface area contributed by atoms with E-state index in [-0.39, 0.29) is 0 Å². The zero-order valence-electron chi connectivity index (χ0n) is 17.1. The van der Waals surface area contributed by atoms with Gasteiger partial charge in [-0.25, -0.2) is 0 Å². The van der Waals surface area contributed by atoms with Crippen LogP contribution in [0.1, 0.15) is 0 Å². The van der Waals surface area contributed by atoms with E-state index in [4.69, 9.17) is 26.8 Å². The van der Waals surface area contributed by atoms with Gasteiger partial charge in [-0.2, -0.15) is 0 Å². The summed E-state index contributed by atoms with van der Waals surface area (Å²) < 4.78 is 31.8. The van der Waals surface area contributed by atoms with Gasteiger partial charge >= 0.3 is 0 Å². The maximum atomic E-state index is 10.5. The number of halogens is 1. The number of aliphatic hydroxyl groups excluding tert-OH is 9. The number of aliphatic hydroxyl groups is 9. The van der Waals surface area contributed by atoms with Crippen LogP contribution in [0.25, 0.3) is 0 Å². The van der Waals surface area contributed by atoms with E-state index in [9.17, 15) is 46.0 Å². The molecule has 0 bridgehead atoms. The van der Waals surface area contributed by atoms with Gasteiger partial charge in [0.15, 0.2) is 18.9 Å². The molecule has 0 aliphatic carbocycles. The Labute approximate surface area is 201 Å². The van der Waals surface area contributed by atoms with Gasteiger partial charge in [0.1, 0.15) is 90.1 Å². The Morgan fingerprint density at radius 1 is 0.636 bits per heavy atom. The third-order valence-corrected chi connectivity index (χ3v) is 6.30. The van der Waals surface area contributed by atoms with Crippen LogP contribution in [0, 0.1) is 0 Å². The first-order valence-electron chi connectivity index (χ1n) is 10.1. The van der Waals surface area contributed by atoms with Crippen molar-refractivity contribution in [2.24, 2.45) is 0 Å². The van der Waals surface area contributed by atoms with Crippen molar-refractivity contribution in [3.63, 3.8) is 0 Å². The lowest BCUT2D eigenvalue weighted by atomic mass is 9.98. The second-order valence-electron chi connectivity index (χ2n) is 7.95. The van der Waals surface area contributed by atoms with Crippen LogP contribution in [0.15, 0.2) is 0 Å². The van der Waals surface area contributed by atoms with Crippen LogP contribution in [0.5, 0.6) is 0 Å². The predicted molar refractivity (Wildman–Crippen MR) is 108 cm³/mol. The van der Waals surface area contributed by atoms with Gasteiger partial charge < -0.3 is 69.6 Å². The van der Waals surface area contributed by atoms with Gasteiger partial charge in [-0.3, -0.25) is 3.07 Å². The highest BCUT2D eigenvalue weighted by molar-refractivity contribution is 14.1. The van der Waals surface area contributed by atoms with Gasteiger partial charge in [-0.15, -0.1) is 0 Å². The van der Waals surface area contributed by atoms with E-state index in [0.29, 0.717) is 0 Å². The number of rotatable bonds is 7. The van der Waals surface area contributed by atoms with Crippen LogP contribution in [0.3, 0.4) is 0 Å². The van der Waals surface area contributed by atoms with E-state index < -0.39 is 106 Å². The van der Waals surface area contributed by atoms with Gasteiger partial charge in [-0.05, 0) is 0 Å². The van der Waals surface area contributed by atoms with E-state index in [1.54, 1.807) is 0 Å². The summed E-state index contributed by atoms with van der Waals surface area (Å²) in [5.74, 6) is 0. The van der Waals surface area contributed by atoms with Gasteiger partial charge in [0.2, 0.25) is 0 Å². The fourth-order valence-electron chi connectivity index (χ4n) is 3.79. The molecule has 3 fully saturated rings. The second-order valence-corrected chi connectivity index (χ2v) is 8.46. The third kappa shape index (κ3) is 5.77. The molecule has 0 aromatic rings. The van der Waals surface area contributed by atoms with Crippen LogP contribution in [-0.2, 0) is 26.8 Å². The molecule has 0 saturated carbocycles. The van der Waals surface area contributed by atoms with E-state index in [1.165, 1.54) is 23.0 Å². The van der Waals surface area contributed by atoms with E-state index >= 15 is 0 Å². The number of hydrogen-bond acceptors (Lipinski definition) is 15. The zero-order valence-corrected chi connectivity index (χ0v) is 19.2. The Kier molecular flexibility index (Phi) is 10.0. The molecular formula is C17H29IO15. The van der Waals surface area contributed by atoms with Crippen molar-refractivity contribution in [1.29, 1.82) is 0 Å². The molecule has 14 atom stereocenters. The standard InChI is InChI=1S/C17H29IO15/c18-33-17-14(11(25)8(22)5(2-20)30-17)32-15-12(26)9(23)6(3-28-15)31-16-13(27)10(24)7(21)4(1-19)29-16/h4-17,19-27H,1-3H2/t4-,5-,6-,7-,8-,9+,10+,11+,12-,13-,14-,15+,16+,17+/m1/s1. The largest absolute Gasteiger partial charge is 0.394 e. The summed E-state index contributed by atoms with van der Waals surface area (Å²) in [5.41, 5.74) is 0. The molecular weight excluding hydrogens is 571 g/mol. The molecule has 3 aliphatic rings. The summed E-state index contributed by atoms with van der Waals surface area (Å²) in [6.07, 6.45) is -20.9. The number of ether oxygens (including phenoxy) is 5. The molecule has 0 unspecified atom stereocenters. The van der Waals surface area contributed by atoms with Gasteiger partial charge in [0, 0.05) is 0 Å². The summed E-state index contributed by atoms with van der Waals surface area (Å²) in [6, 6.07) is 0. The minimum atomic E-state index is -1.75. The van der Waals surface area contributed by atoms with Crippen molar-refractivity contribution in [2.75, 3.05) is 19.8 Å². The Morgan fingerprint density at radius 2 is 1.18 bits per heavy atom. The van der Waals surface area contributed by atoms with Gasteiger partial charge in [0.05, 0.1) is 19.8 Å². The molecule has 3 rings (SSSR count). The Morgan fingerprint density at radius 3 is 1.76 bits per heavy atom. The molecule has 3 aliphatic heterocycles. The normalized spacial score (nSPS) is 51.5. The van der Waals surface area contributed by atoms with Crippen LogP contribution in [-0.4, -0.2) is 152 Å². The second kappa shape index (κ2) is 11.9. The lowest BCUT2D eigenvalue weighted by Crippen LogP contribution is -2.64. The first kappa shape index (κ1) is 27.7. The molecule has 0 amide bonds. The van der Waals surface area contributed by atoms with Crippen molar-refractivity contribution in [1.82, 2.24) is 0 Å². The molecule has 0 aromatic carbocycles. The molecule has 0 spiro atoms. The van der Waals surface area contributed by atoms with E-state index in [1.807, 2.05) is 0 Å². The summed E-state index contributed by atoms with van der Waals surface area (Å²) in [6.45, 7) is -1.68. The van der Waals surface area contributed by atoms with Crippen molar-refractivity contribution in [3.8, 4) is 0 Å². The van der Waals surface area contributed by atoms with Gasteiger partial charge in [-0.1, -0.05) is 0 Å². The van der Waals surface area contributed by atoms with Crippen molar-refractivity contribution in [2.45, 2.75) is 86.0 Å². The molecule has 15 nitrogen and oxygen atoms in total. The van der Waals surface area contributed by atoms with Crippen molar-refractivity contribution in [3.05, 3.63) is 0 Å². The maximum absolute atomic E-state index is 10.5. The SMILES string of the molecule is OC[C@H]1O[C@@H](O[C@@H]2CO[C@@H](O[C@H]3[C@H](OI)O[C@H](CO)[C@@H](O)[C@@H]3O)[C@H](O)[C@H]2O)[C@H](O)[C@@H](O)[C@@H]1O. The Bertz CT molecular complexity index is 613. The quantitative estimate of drug-likeness (QED) is 0.124. The molecule has 194 valence electrons. The topological polar surface area (TPSA) is 237 Å². The Balaban J connectivity index is 1.62. The first-order chi connectivity index (χ1) is 15.6. The van der Waals surface area contributed by atoms with Crippen molar-refractivity contribution < 1.29 is 72.7 Å². The predicted octanol–water partition coefficient (Wildman–Crippen LogP) is -5.56. The van der Waals surface area contributed by atoms with Crippen LogP contribution < -0.4 is 0 Å². The first-order valence-corrected chi connectivity index (χ1v) is 11.0. The molecule has 0 aromatic heterocycles. The van der Waals surface area contributed by atoms with E-state index in [0.717, 1.165) is 0 Å². The average molecular weight is 600 g/mol. The fourth-order valence-corrected chi connectivity index (χ4v) is 4.20. The maximum Gasteiger partial charge on any atom is 0.198 e. The monoisotopic (exact) mass is 600 g/mol. The molecule has 0 radical (unpaired) electrons. The highest BCUT2D eigenvalue weighted by atomic mass is 127. The summed E-state index contributed by atoms with van der Waals surface area (Å²) >= 11 is 1.47. The zero-order chi connectivity index (χ0) is 24.4. The third-order valence-electron chi connectivity index (χ3n) is 5.80. The molecule has 16 heteroatoms. The van der Waals surface area contributed by atoms with Crippen LogP contribution in [0.2, 0.25) is 0 Å². The fraction of sp³-hybridized carbons (Fsp3) is 1.00. The molecule has 3 saturated heterocycles. The van der Waals surface area contributed by atoms with Crippen LogP contribution >= 0.6 is 23.0 Å². The minimum absolute atomic E-state index is 0.404. The number of hydrogen-bond donors (Lipinski definition) is 9. The minimum Gasteiger partial charge on any atom is -0.394 e. The molecule has 9 N–H and O–H groups in total. The lowest BCUT2D eigenvalue weighted by Gasteiger charge is -2.45. The smallest absolute Gasteiger partial charge is 0.198 e. The summed E-state index contributed by atoms with van der Waals surface area (Å²) in [5, 5.41) is 89.6. The Hall–Kier alpha value is 0.130. The van der Waals surface area contributed by atoms with Gasteiger partial charge in [0.25, 0.3) is 0 Å². The summed E-state index contributed by atoms with van der Waals surface area (Å²) in [7, 11) is 0. The average Bonchev–Trinajstić information content (AvgIpc) is 2.81. The van der Waals surface area contributed by atoms with Crippen LogP contribution in [0.4, 0.5) is 0 Å². The highest BCUT2D eigenvalue weighted by Gasteiger charge is 2.51. The molecule has 3 heterocycles. The lowest BCUT2D eigenvalue weighted by molar-refractivity contribution is -0.362.